The second-order valence-corrected chi connectivity index (χ2v) is 4.68. The van der Waals surface area contributed by atoms with Crippen molar-refractivity contribution in [1.82, 2.24) is 0 Å². The van der Waals surface area contributed by atoms with Crippen molar-refractivity contribution in [2.45, 2.75) is 39.7 Å². The summed E-state index contributed by atoms with van der Waals surface area (Å²) < 4.78 is 5.68. The smallest absolute Gasteiger partial charge is 0.121 e. The molecule has 2 rings (SSSR count). The molecule has 16 heavy (non-hydrogen) atoms. The predicted octanol–water partition coefficient (Wildman–Crippen LogP) is 3.25. The first-order chi connectivity index (χ1) is 7.72. The highest BCUT2D eigenvalue weighted by Crippen LogP contribution is 2.32. The molecule has 0 saturated carbocycles. The van der Waals surface area contributed by atoms with E-state index in [1.54, 1.807) is 0 Å². The van der Waals surface area contributed by atoms with Crippen molar-refractivity contribution in [3.8, 4) is 5.75 Å². The van der Waals surface area contributed by atoms with Crippen LogP contribution in [-0.2, 0) is 6.42 Å². The molecule has 1 heterocycles. The third-order valence-electron chi connectivity index (χ3n) is 3.08. The molecule has 0 aliphatic carbocycles. The zero-order chi connectivity index (χ0) is 11.5. The van der Waals surface area contributed by atoms with E-state index in [4.69, 9.17) is 4.74 Å². The maximum absolute atomic E-state index is 5.68. The van der Waals surface area contributed by atoms with Gasteiger partial charge in [0.2, 0.25) is 0 Å². The van der Waals surface area contributed by atoms with Crippen LogP contribution in [0.3, 0.4) is 0 Å². The summed E-state index contributed by atoms with van der Waals surface area (Å²) >= 11 is 0. The standard InChI is InChI=1S/C14H21NO/c1-4-9-16-13-6-5-12-7-8-15(11(2)3)14(12)10-13/h5-6,10-11H,4,7-9H2,1-3H3. The summed E-state index contributed by atoms with van der Waals surface area (Å²) in [7, 11) is 0. The Bertz CT molecular complexity index is 360. The lowest BCUT2D eigenvalue weighted by Crippen LogP contribution is -2.28. The Balaban J connectivity index is 2.20. The number of benzene rings is 1. The maximum Gasteiger partial charge on any atom is 0.121 e. The first kappa shape index (κ1) is 11.3. The van der Waals surface area contributed by atoms with Crippen molar-refractivity contribution in [3.63, 3.8) is 0 Å². The fraction of sp³-hybridized carbons (Fsp3) is 0.571. The van der Waals surface area contributed by atoms with E-state index in [0.29, 0.717) is 6.04 Å². The molecule has 0 bridgehead atoms. The number of fused-ring (bicyclic) bond motifs is 1. The van der Waals surface area contributed by atoms with Crippen LogP contribution < -0.4 is 9.64 Å². The van der Waals surface area contributed by atoms with Crippen LogP contribution in [0.25, 0.3) is 0 Å². The fourth-order valence-corrected chi connectivity index (χ4v) is 2.23. The van der Waals surface area contributed by atoms with Gasteiger partial charge in [0.15, 0.2) is 0 Å². The van der Waals surface area contributed by atoms with Crippen LogP contribution in [0.2, 0.25) is 0 Å². The van der Waals surface area contributed by atoms with Crippen molar-refractivity contribution in [2.24, 2.45) is 0 Å². The SMILES string of the molecule is CCCOc1ccc2c(c1)N(C(C)C)CC2. The molecule has 88 valence electrons. The Morgan fingerprint density at radius 3 is 2.88 bits per heavy atom. The third-order valence-corrected chi connectivity index (χ3v) is 3.08. The topological polar surface area (TPSA) is 12.5 Å². The molecule has 1 aromatic carbocycles. The molecule has 2 heteroatoms. The van der Waals surface area contributed by atoms with Gasteiger partial charge in [0, 0.05) is 24.3 Å². The predicted molar refractivity (Wildman–Crippen MR) is 68.4 cm³/mol. The number of ether oxygens (including phenoxy) is 1. The summed E-state index contributed by atoms with van der Waals surface area (Å²) in [6.45, 7) is 8.57. The van der Waals surface area contributed by atoms with Crippen LogP contribution in [0.1, 0.15) is 32.8 Å². The summed E-state index contributed by atoms with van der Waals surface area (Å²) in [6, 6.07) is 7.07. The van der Waals surface area contributed by atoms with E-state index in [1.807, 2.05) is 0 Å². The molecular weight excluding hydrogens is 198 g/mol. The molecule has 0 N–H and O–H groups in total. The lowest BCUT2D eigenvalue weighted by atomic mass is 10.1. The summed E-state index contributed by atoms with van der Waals surface area (Å²) in [6.07, 6.45) is 2.23. The minimum atomic E-state index is 0.572. The van der Waals surface area contributed by atoms with Crippen LogP contribution >= 0.6 is 0 Å². The molecule has 0 amide bonds. The van der Waals surface area contributed by atoms with E-state index >= 15 is 0 Å². The van der Waals surface area contributed by atoms with Gasteiger partial charge in [0.05, 0.1) is 6.61 Å². The highest BCUT2D eigenvalue weighted by molar-refractivity contribution is 5.61. The molecule has 0 saturated heterocycles. The van der Waals surface area contributed by atoms with Gasteiger partial charge in [0.25, 0.3) is 0 Å². The Hall–Kier alpha value is -1.18. The molecule has 1 aromatic rings. The first-order valence-corrected chi connectivity index (χ1v) is 6.24. The van der Waals surface area contributed by atoms with Crippen LogP contribution in [-0.4, -0.2) is 19.2 Å². The summed E-state index contributed by atoms with van der Waals surface area (Å²) in [5, 5.41) is 0. The summed E-state index contributed by atoms with van der Waals surface area (Å²) in [5.41, 5.74) is 2.82. The lowest BCUT2D eigenvalue weighted by molar-refractivity contribution is 0.317. The quantitative estimate of drug-likeness (QED) is 0.770. The van der Waals surface area contributed by atoms with Gasteiger partial charge in [-0.05, 0) is 38.3 Å². The second-order valence-electron chi connectivity index (χ2n) is 4.68. The number of hydrogen-bond acceptors (Lipinski definition) is 2. The van der Waals surface area contributed by atoms with Gasteiger partial charge in [-0.1, -0.05) is 13.0 Å². The minimum absolute atomic E-state index is 0.572. The fourth-order valence-electron chi connectivity index (χ4n) is 2.23. The van der Waals surface area contributed by atoms with Gasteiger partial charge in [-0.25, -0.2) is 0 Å². The molecule has 1 aliphatic heterocycles. The molecule has 0 spiro atoms. The third kappa shape index (κ3) is 2.16. The van der Waals surface area contributed by atoms with E-state index in [9.17, 15) is 0 Å². The minimum Gasteiger partial charge on any atom is -0.494 e. The Morgan fingerprint density at radius 1 is 1.38 bits per heavy atom. The van der Waals surface area contributed by atoms with Crippen LogP contribution in [0.15, 0.2) is 18.2 Å². The average Bonchev–Trinajstić information content (AvgIpc) is 2.69. The van der Waals surface area contributed by atoms with Gasteiger partial charge in [-0.3, -0.25) is 0 Å². The highest BCUT2D eigenvalue weighted by atomic mass is 16.5. The normalized spacial score (nSPS) is 14.4. The van der Waals surface area contributed by atoms with E-state index in [1.165, 1.54) is 17.7 Å². The molecular formula is C14H21NO. The van der Waals surface area contributed by atoms with Crippen molar-refractivity contribution >= 4 is 5.69 Å². The zero-order valence-corrected chi connectivity index (χ0v) is 10.5. The Morgan fingerprint density at radius 2 is 2.19 bits per heavy atom. The number of nitrogens with zero attached hydrogens (tertiary/aromatic N) is 1. The van der Waals surface area contributed by atoms with Crippen molar-refractivity contribution in [3.05, 3.63) is 23.8 Å². The molecule has 0 unspecified atom stereocenters. The lowest BCUT2D eigenvalue weighted by Gasteiger charge is -2.24. The summed E-state index contributed by atoms with van der Waals surface area (Å²) in [4.78, 5) is 2.45. The highest BCUT2D eigenvalue weighted by Gasteiger charge is 2.21. The Kier molecular flexibility index (Phi) is 3.37. The van der Waals surface area contributed by atoms with Crippen molar-refractivity contribution < 1.29 is 4.74 Å². The molecule has 0 fully saturated rings. The van der Waals surface area contributed by atoms with Gasteiger partial charge in [0.1, 0.15) is 5.75 Å². The Labute approximate surface area is 98.2 Å². The van der Waals surface area contributed by atoms with E-state index < -0.39 is 0 Å². The van der Waals surface area contributed by atoms with Gasteiger partial charge in [-0.2, -0.15) is 0 Å². The first-order valence-electron chi connectivity index (χ1n) is 6.24. The van der Waals surface area contributed by atoms with E-state index in [0.717, 1.165) is 25.3 Å². The molecule has 1 aliphatic rings. The van der Waals surface area contributed by atoms with Gasteiger partial charge >= 0.3 is 0 Å². The van der Waals surface area contributed by atoms with E-state index in [-0.39, 0.29) is 0 Å². The van der Waals surface area contributed by atoms with Crippen LogP contribution in [0, 0.1) is 0 Å². The number of hydrogen-bond donors (Lipinski definition) is 0. The number of anilines is 1. The largest absolute Gasteiger partial charge is 0.494 e. The van der Waals surface area contributed by atoms with Crippen molar-refractivity contribution in [2.75, 3.05) is 18.1 Å². The van der Waals surface area contributed by atoms with Crippen molar-refractivity contribution in [1.29, 1.82) is 0 Å². The van der Waals surface area contributed by atoms with Gasteiger partial charge in [-0.15, -0.1) is 0 Å². The molecule has 0 atom stereocenters. The van der Waals surface area contributed by atoms with Gasteiger partial charge < -0.3 is 9.64 Å². The average molecular weight is 219 g/mol. The van der Waals surface area contributed by atoms with Crippen LogP contribution in [0.4, 0.5) is 5.69 Å². The number of rotatable bonds is 4. The van der Waals surface area contributed by atoms with E-state index in [2.05, 4.69) is 43.9 Å². The van der Waals surface area contributed by atoms with Crippen LogP contribution in [0.5, 0.6) is 5.75 Å². The second kappa shape index (κ2) is 4.77. The summed E-state index contributed by atoms with van der Waals surface area (Å²) in [5.74, 6) is 1.01. The molecule has 0 radical (unpaired) electrons. The zero-order valence-electron chi connectivity index (χ0n) is 10.5. The molecule has 0 aromatic heterocycles. The maximum atomic E-state index is 5.68. The molecule has 2 nitrogen and oxygen atoms in total. The monoisotopic (exact) mass is 219 g/mol.